The molecule has 2 aromatic rings. The van der Waals surface area contributed by atoms with Gasteiger partial charge in [-0.2, -0.15) is 0 Å². The molecule has 1 amide bonds. The van der Waals surface area contributed by atoms with Gasteiger partial charge in [-0.25, -0.2) is 0 Å². The zero-order valence-corrected chi connectivity index (χ0v) is 12.7. The topological polar surface area (TPSA) is 55.1 Å². The van der Waals surface area contributed by atoms with Crippen molar-refractivity contribution in [3.05, 3.63) is 56.5 Å². The Morgan fingerprint density at radius 3 is 2.58 bits per heavy atom. The molecule has 2 aromatic carbocycles. The maximum absolute atomic E-state index is 12.0. The number of halogens is 3. The zero-order chi connectivity index (χ0) is 14.0. The van der Waals surface area contributed by atoms with Gasteiger partial charge in [0.2, 0.25) is 0 Å². The molecule has 98 valence electrons. The van der Waals surface area contributed by atoms with Gasteiger partial charge < -0.3 is 11.1 Å². The van der Waals surface area contributed by atoms with Crippen molar-refractivity contribution in [3.8, 4) is 0 Å². The van der Waals surface area contributed by atoms with Gasteiger partial charge in [-0.15, -0.1) is 0 Å². The van der Waals surface area contributed by atoms with E-state index in [2.05, 4.69) is 21.2 Å². The molecule has 6 heteroatoms. The second kappa shape index (κ2) is 5.82. The number of nitrogen functional groups attached to an aromatic ring is 1. The molecule has 0 heterocycles. The molecule has 3 nitrogen and oxygen atoms in total. The predicted octanol–water partition coefficient (Wildman–Crippen LogP) is 4.59. The molecule has 3 N–H and O–H groups in total. The fraction of sp³-hybridized carbons (Fsp3) is 0. The molecule has 0 aliphatic carbocycles. The van der Waals surface area contributed by atoms with E-state index < -0.39 is 0 Å². The van der Waals surface area contributed by atoms with Gasteiger partial charge in [-0.1, -0.05) is 29.3 Å². The molecule has 0 aliphatic rings. The van der Waals surface area contributed by atoms with Crippen molar-refractivity contribution in [2.45, 2.75) is 0 Å². The minimum Gasteiger partial charge on any atom is -0.399 e. The first-order valence-electron chi connectivity index (χ1n) is 5.29. The van der Waals surface area contributed by atoms with Crippen LogP contribution in [0.4, 0.5) is 11.4 Å². The van der Waals surface area contributed by atoms with Gasteiger partial charge in [0.15, 0.2) is 0 Å². The number of hydrogen-bond acceptors (Lipinski definition) is 2. The minimum atomic E-state index is -0.299. The van der Waals surface area contributed by atoms with Crippen LogP contribution in [0.25, 0.3) is 0 Å². The number of nitrogens with two attached hydrogens (primary N) is 1. The summed E-state index contributed by atoms with van der Waals surface area (Å²) in [6.07, 6.45) is 0. The Morgan fingerprint density at radius 1 is 1.16 bits per heavy atom. The van der Waals surface area contributed by atoms with Crippen molar-refractivity contribution in [1.29, 1.82) is 0 Å². The van der Waals surface area contributed by atoms with E-state index in [1.807, 2.05) is 0 Å². The second-order valence-corrected chi connectivity index (χ2v) is 5.41. The van der Waals surface area contributed by atoms with Crippen molar-refractivity contribution < 1.29 is 4.79 Å². The number of carbonyl (C=O) groups excluding carboxylic acids is 1. The summed E-state index contributed by atoms with van der Waals surface area (Å²) in [5, 5.41) is 3.33. The van der Waals surface area contributed by atoms with Crippen LogP contribution in [0.5, 0.6) is 0 Å². The van der Waals surface area contributed by atoms with E-state index in [1.54, 1.807) is 36.4 Å². The average Bonchev–Trinajstić information content (AvgIpc) is 2.39. The highest BCUT2D eigenvalue weighted by Gasteiger charge is 2.12. The fourth-order valence-electron chi connectivity index (χ4n) is 1.50. The number of rotatable bonds is 2. The third kappa shape index (κ3) is 3.21. The molecule has 0 saturated heterocycles. The van der Waals surface area contributed by atoms with Crippen molar-refractivity contribution >= 4 is 56.4 Å². The SMILES string of the molecule is Nc1cccc(C(=O)Nc2ccc(Br)c(Cl)c2Cl)c1. The van der Waals surface area contributed by atoms with E-state index in [9.17, 15) is 4.79 Å². The summed E-state index contributed by atoms with van der Waals surface area (Å²) in [6, 6.07) is 10.1. The van der Waals surface area contributed by atoms with Gasteiger partial charge in [0, 0.05) is 15.7 Å². The van der Waals surface area contributed by atoms with Crippen LogP contribution in [-0.4, -0.2) is 5.91 Å². The number of carbonyl (C=O) groups is 1. The molecule has 0 saturated carbocycles. The highest BCUT2D eigenvalue weighted by molar-refractivity contribution is 9.10. The predicted molar refractivity (Wildman–Crippen MR) is 83.0 cm³/mol. The summed E-state index contributed by atoms with van der Waals surface area (Å²) >= 11 is 15.3. The summed E-state index contributed by atoms with van der Waals surface area (Å²) < 4.78 is 0.668. The third-order valence-corrected chi connectivity index (χ3v) is 4.20. The highest BCUT2D eigenvalue weighted by Crippen LogP contribution is 2.35. The average molecular weight is 360 g/mol. The molecule has 0 atom stereocenters. The number of anilines is 2. The molecule has 0 aliphatic heterocycles. The second-order valence-electron chi connectivity index (χ2n) is 3.80. The molecule has 0 bridgehead atoms. The van der Waals surface area contributed by atoms with Crippen LogP contribution in [-0.2, 0) is 0 Å². The van der Waals surface area contributed by atoms with E-state index in [0.717, 1.165) is 0 Å². The number of hydrogen-bond donors (Lipinski definition) is 2. The zero-order valence-electron chi connectivity index (χ0n) is 9.58. The maximum Gasteiger partial charge on any atom is 0.255 e. The van der Waals surface area contributed by atoms with Gasteiger partial charge in [-0.3, -0.25) is 4.79 Å². The Bertz CT molecular complexity index is 647. The maximum atomic E-state index is 12.0. The quantitative estimate of drug-likeness (QED) is 0.608. The molecule has 19 heavy (non-hydrogen) atoms. The highest BCUT2D eigenvalue weighted by atomic mass is 79.9. The van der Waals surface area contributed by atoms with E-state index in [-0.39, 0.29) is 10.9 Å². The Labute approximate surface area is 128 Å². The Hall–Kier alpha value is -1.23. The summed E-state index contributed by atoms with van der Waals surface area (Å²) in [7, 11) is 0. The summed E-state index contributed by atoms with van der Waals surface area (Å²) in [5.41, 5.74) is 7.05. The van der Waals surface area contributed by atoms with E-state index >= 15 is 0 Å². The lowest BCUT2D eigenvalue weighted by molar-refractivity contribution is 0.102. The molecular formula is C13H9BrCl2N2O. The van der Waals surface area contributed by atoms with Crippen molar-refractivity contribution in [2.75, 3.05) is 11.1 Å². The minimum absolute atomic E-state index is 0.285. The van der Waals surface area contributed by atoms with Crippen LogP contribution in [0.15, 0.2) is 40.9 Å². The molecule has 0 radical (unpaired) electrons. The summed E-state index contributed by atoms with van der Waals surface area (Å²) in [5.74, 6) is -0.299. The molecule has 0 spiro atoms. The van der Waals surface area contributed by atoms with E-state index in [4.69, 9.17) is 28.9 Å². The lowest BCUT2D eigenvalue weighted by Crippen LogP contribution is -2.12. The molecule has 0 aromatic heterocycles. The molecule has 0 fully saturated rings. The van der Waals surface area contributed by atoms with Crippen LogP contribution in [0.2, 0.25) is 10.0 Å². The number of benzene rings is 2. The van der Waals surface area contributed by atoms with Gasteiger partial charge in [0.25, 0.3) is 5.91 Å². The van der Waals surface area contributed by atoms with E-state index in [1.165, 1.54) is 0 Å². The number of nitrogens with one attached hydrogen (secondary N) is 1. The lowest BCUT2D eigenvalue weighted by atomic mass is 10.2. The first-order chi connectivity index (χ1) is 8.99. The van der Waals surface area contributed by atoms with Gasteiger partial charge in [0.1, 0.15) is 0 Å². The van der Waals surface area contributed by atoms with Crippen molar-refractivity contribution in [3.63, 3.8) is 0 Å². The first-order valence-corrected chi connectivity index (χ1v) is 6.84. The van der Waals surface area contributed by atoms with Crippen LogP contribution >= 0.6 is 39.1 Å². The Kier molecular flexibility index (Phi) is 4.34. The van der Waals surface area contributed by atoms with Crippen molar-refractivity contribution in [1.82, 2.24) is 0 Å². The monoisotopic (exact) mass is 358 g/mol. The standard InChI is InChI=1S/C13H9BrCl2N2O/c14-9-4-5-10(12(16)11(9)15)18-13(19)7-2-1-3-8(17)6-7/h1-6H,17H2,(H,18,19). The molecule has 2 rings (SSSR count). The van der Waals surface area contributed by atoms with Gasteiger partial charge >= 0.3 is 0 Å². The van der Waals surface area contributed by atoms with Crippen LogP contribution < -0.4 is 11.1 Å². The van der Waals surface area contributed by atoms with Crippen LogP contribution in [0, 0.1) is 0 Å². The number of amides is 1. The fourth-order valence-corrected chi connectivity index (χ4v) is 2.32. The largest absolute Gasteiger partial charge is 0.399 e. The van der Waals surface area contributed by atoms with Gasteiger partial charge in [-0.05, 0) is 46.3 Å². The smallest absolute Gasteiger partial charge is 0.255 e. The van der Waals surface area contributed by atoms with Crippen LogP contribution in [0.3, 0.4) is 0 Å². The summed E-state index contributed by atoms with van der Waals surface area (Å²) in [6.45, 7) is 0. The summed E-state index contributed by atoms with van der Waals surface area (Å²) in [4.78, 5) is 12.0. The van der Waals surface area contributed by atoms with Crippen molar-refractivity contribution in [2.24, 2.45) is 0 Å². The Balaban J connectivity index is 2.27. The van der Waals surface area contributed by atoms with E-state index in [0.29, 0.717) is 26.4 Å². The van der Waals surface area contributed by atoms with Gasteiger partial charge in [0.05, 0.1) is 15.7 Å². The normalized spacial score (nSPS) is 10.3. The lowest BCUT2D eigenvalue weighted by Gasteiger charge is -2.09. The third-order valence-electron chi connectivity index (χ3n) is 2.43. The molecular weight excluding hydrogens is 351 g/mol. The first kappa shape index (κ1) is 14.2. The molecule has 0 unspecified atom stereocenters. The Morgan fingerprint density at radius 2 is 1.89 bits per heavy atom. The van der Waals surface area contributed by atoms with Crippen LogP contribution in [0.1, 0.15) is 10.4 Å².